The molecule has 0 bridgehead atoms. The Morgan fingerprint density at radius 1 is 1.08 bits per heavy atom. The van der Waals surface area contributed by atoms with E-state index in [0.29, 0.717) is 42.7 Å². The van der Waals surface area contributed by atoms with E-state index >= 15 is 0 Å². The van der Waals surface area contributed by atoms with Crippen LogP contribution in [0.4, 0.5) is 13.2 Å². The summed E-state index contributed by atoms with van der Waals surface area (Å²) in [6.45, 7) is 7.01. The summed E-state index contributed by atoms with van der Waals surface area (Å²) in [5.41, 5.74) is 1.48. The largest absolute Gasteiger partial charge is 0.486 e. The van der Waals surface area contributed by atoms with Gasteiger partial charge in [0.2, 0.25) is 0 Å². The first-order valence-corrected chi connectivity index (χ1v) is 12.6. The number of hydrogen-bond acceptors (Lipinski definition) is 4. The number of benzene rings is 2. The van der Waals surface area contributed by atoms with Gasteiger partial charge in [0.25, 0.3) is 0 Å². The number of ether oxygens (including phenoxy) is 2. The molecule has 3 aliphatic rings. The minimum atomic E-state index is -4.39. The van der Waals surface area contributed by atoms with Crippen LogP contribution in [0.15, 0.2) is 36.4 Å². The summed E-state index contributed by atoms with van der Waals surface area (Å²) in [5.74, 6) is 0.434. The van der Waals surface area contributed by atoms with Crippen molar-refractivity contribution in [2.24, 2.45) is 17.8 Å². The Morgan fingerprint density at radius 2 is 1.81 bits per heavy atom. The number of halogens is 3. The third-order valence-electron chi connectivity index (χ3n) is 8.07. The number of carbonyl (C=O) groups is 1. The van der Waals surface area contributed by atoms with E-state index in [4.69, 9.17) is 9.47 Å². The predicted molar refractivity (Wildman–Crippen MR) is 128 cm³/mol. The topological polar surface area (TPSA) is 59.0 Å². The average Bonchev–Trinajstić information content (AvgIpc) is 3.62. The van der Waals surface area contributed by atoms with Crippen LogP contribution in [-0.4, -0.2) is 41.8 Å². The second-order valence-corrected chi connectivity index (χ2v) is 10.6. The Morgan fingerprint density at radius 3 is 2.44 bits per heavy atom. The van der Waals surface area contributed by atoms with Gasteiger partial charge in [-0.2, -0.15) is 13.2 Å². The maximum Gasteiger partial charge on any atom is 0.416 e. The summed E-state index contributed by atoms with van der Waals surface area (Å²) in [5, 5.41) is 9.59. The summed E-state index contributed by atoms with van der Waals surface area (Å²) in [4.78, 5) is 13.7. The van der Waals surface area contributed by atoms with Crippen molar-refractivity contribution in [3.05, 3.63) is 58.7 Å². The van der Waals surface area contributed by atoms with Crippen LogP contribution in [0, 0.1) is 24.7 Å². The van der Waals surface area contributed by atoms with Crippen molar-refractivity contribution in [2.75, 3.05) is 19.7 Å². The molecular formula is C28H32F3NO4. The third kappa shape index (κ3) is 4.80. The molecule has 4 atom stereocenters. The Labute approximate surface area is 209 Å². The van der Waals surface area contributed by atoms with E-state index in [2.05, 4.69) is 0 Å². The smallest absolute Gasteiger partial charge is 0.416 e. The van der Waals surface area contributed by atoms with Gasteiger partial charge in [-0.05, 0) is 67.9 Å². The maximum absolute atomic E-state index is 13.6. The Kier molecular flexibility index (Phi) is 6.43. The second-order valence-electron chi connectivity index (χ2n) is 10.6. The first-order valence-electron chi connectivity index (χ1n) is 12.6. The first-order chi connectivity index (χ1) is 17.0. The highest BCUT2D eigenvalue weighted by Crippen LogP contribution is 2.49. The number of fused-ring (bicyclic) bond motifs is 1. The summed E-state index contributed by atoms with van der Waals surface area (Å²) in [6, 6.07) is 9.66. The number of aryl methyl sites for hydroxylation is 1. The van der Waals surface area contributed by atoms with Crippen molar-refractivity contribution >= 4 is 5.97 Å². The number of carboxylic acid groups (broad SMARTS) is 1. The third-order valence-corrected chi connectivity index (χ3v) is 8.07. The van der Waals surface area contributed by atoms with Gasteiger partial charge in [0, 0.05) is 25.0 Å². The molecule has 2 aromatic rings. The van der Waals surface area contributed by atoms with Crippen LogP contribution < -0.4 is 9.47 Å². The fourth-order valence-corrected chi connectivity index (χ4v) is 5.71. The van der Waals surface area contributed by atoms with Gasteiger partial charge in [-0.1, -0.05) is 30.7 Å². The Hall–Kier alpha value is -2.74. The van der Waals surface area contributed by atoms with Crippen molar-refractivity contribution in [1.82, 2.24) is 4.90 Å². The zero-order valence-corrected chi connectivity index (χ0v) is 20.7. The van der Waals surface area contributed by atoms with Crippen LogP contribution >= 0.6 is 0 Å². The lowest BCUT2D eigenvalue weighted by Crippen LogP contribution is -2.56. The number of nitrogens with zero attached hydrogens (tertiary/aromatic N) is 1. The van der Waals surface area contributed by atoms with Crippen molar-refractivity contribution in [3.63, 3.8) is 0 Å². The molecule has 2 aromatic carbocycles. The standard InChI is InChI=1S/C28H32F3NO4/c1-15-4-8-22(28(29,30)31)21(10-15)17(3)32-12-20(13-32)25-14-35-23-9-7-19(11-24(23)36-25)26(18-5-6-18)16(2)27(33)34/h4,7-11,16-18,20,25-26H,5-6,12-14H2,1-3H3,(H,33,34)/t16-,17-,25-,26-/m0/s1. The van der Waals surface area contributed by atoms with Gasteiger partial charge < -0.3 is 14.6 Å². The van der Waals surface area contributed by atoms with Crippen LogP contribution in [0.25, 0.3) is 0 Å². The van der Waals surface area contributed by atoms with Crippen molar-refractivity contribution in [2.45, 2.75) is 57.9 Å². The van der Waals surface area contributed by atoms with Gasteiger partial charge in [-0.15, -0.1) is 0 Å². The van der Waals surface area contributed by atoms with Crippen molar-refractivity contribution < 1.29 is 32.5 Å². The van der Waals surface area contributed by atoms with Crippen molar-refractivity contribution in [3.8, 4) is 11.5 Å². The van der Waals surface area contributed by atoms with Crippen molar-refractivity contribution in [1.29, 1.82) is 0 Å². The molecule has 1 aliphatic carbocycles. The summed E-state index contributed by atoms with van der Waals surface area (Å²) in [7, 11) is 0. The minimum Gasteiger partial charge on any atom is -0.486 e. The highest BCUT2D eigenvalue weighted by Gasteiger charge is 2.43. The second kappa shape index (κ2) is 9.29. The van der Waals surface area contributed by atoms with E-state index in [1.807, 2.05) is 30.0 Å². The van der Waals surface area contributed by atoms with Crippen LogP contribution in [0.3, 0.4) is 0 Å². The fourth-order valence-electron chi connectivity index (χ4n) is 5.71. The van der Waals surface area contributed by atoms with E-state index in [1.54, 1.807) is 19.9 Å². The fraction of sp³-hybridized carbons (Fsp3) is 0.536. The SMILES string of the molecule is Cc1ccc(C(F)(F)F)c([C@H](C)N2CC([C@@H]3COc4ccc([C@H](C5CC5)[C@H](C)C(=O)O)cc4O3)C2)c1. The van der Waals surface area contributed by atoms with E-state index in [-0.39, 0.29) is 24.0 Å². The highest BCUT2D eigenvalue weighted by molar-refractivity contribution is 5.71. The predicted octanol–water partition coefficient (Wildman–Crippen LogP) is 6.06. The van der Waals surface area contributed by atoms with Crippen LogP contribution in [0.5, 0.6) is 11.5 Å². The molecular weight excluding hydrogens is 471 g/mol. The molecule has 2 heterocycles. The van der Waals surface area contributed by atoms with Gasteiger partial charge in [0.05, 0.1) is 11.5 Å². The van der Waals surface area contributed by atoms with E-state index in [9.17, 15) is 23.1 Å². The van der Waals surface area contributed by atoms with Gasteiger partial charge in [-0.25, -0.2) is 0 Å². The Balaban J connectivity index is 1.27. The molecule has 0 radical (unpaired) electrons. The molecule has 194 valence electrons. The zero-order chi connectivity index (χ0) is 25.8. The molecule has 36 heavy (non-hydrogen) atoms. The molecule has 5 rings (SSSR count). The maximum atomic E-state index is 13.6. The molecule has 0 unspecified atom stereocenters. The number of aliphatic carboxylic acids is 1. The number of carboxylic acids is 1. The minimum absolute atomic E-state index is 0.0611. The van der Waals surface area contributed by atoms with Crippen LogP contribution in [-0.2, 0) is 11.0 Å². The summed E-state index contributed by atoms with van der Waals surface area (Å²) < 4.78 is 53.0. The number of likely N-dealkylation sites (tertiary alicyclic amines) is 1. The molecule has 0 spiro atoms. The van der Waals surface area contributed by atoms with E-state index < -0.39 is 23.6 Å². The molecule has 0 amide bonds. The highest BCUT2D eigenvalue weighted by atomic mass is 19.4. The number of hydrogen-bond donors (Lipinski definition) is 1. The molecule has 1 saturated heterocycles. The molecule has 1 N–H and O–H groups in total. The molecule has 1 saturated carbocycles. The summed E-state index contributed by atoms with van der Waals surface area (Å²) >= 11 is 0. The quantitative estimate of drug-likeness (QED) is 0.498. The number of rotatable bonds is 7. The lowest BCUT2D eigenvalue weighted by molar-refractivity contribution is -0.142. The van der Waals surface area contributed by atoms with Crippen LogP contribution in [0.1, 0.15) is 60.9 Å². The monoisotopic (exact) mass is 503 g/mol. The lowest BCUT2D eigenvalue weighted by Gasteiger charge is -2.47. The van der Waals surface area contributed by atoms with Gasteiger partial charge >= 0.3 is 12.1 Å². The first kappa shape index (κ1) is 24.9. The molecule has 2 fully saturated rings. The number of alkyl halides is 3. The average molecular weight is 504 g/mol. The summed E-state index contributed by atoms with van der Waals surface area (Å²) in [6.07, 6.45) is -2.52. The van der Waals surface area contributed by atoms with Crippen LogP contribution in [0.2, 0.25) is 0 Å². The Bertz CT molecular complexity index is 1140. The molecule has 0 aromatic heterocycles. The van der Waals surface area contributed by atoms with E-state index in [0.717, 1.165) is 24.0 Å². The molecule has 5 nitrogen and oxygen atoms in total. The van der Waals surface area contributed by atoms with Gasteiger partial charge in [0.15, 0.2) is 11.5 Å². The van der Waals surface area contributed by atoms with Gasteiger partial charge in [0.1, 0.15) is 12.7 Å². The normalized spacial score (nSPS) is 23.0. The molecule has 8 heteroatoms. The zero-order valence-electron chi connectivity index (χ0n) is 20.7. The van der Waals surface area contributed by atoms with Gasteiger partial charge in [-0.3, -0.25) is 9.69 Å². The molecule has 2 aliphatic heterocycles. The lowest BCUT2D eigenvalue weighted by atomic mass is 9.83. The van der Waals surface area contributed by atoms with E-state index in [1.165, 1.54) is 12.1 Å².